The second-order valence-electron chi connectivity index (χ2n) is 6.82. The van der Waals surface area contributed by atoms with Gasteiger partial charge in [-0.1, -0.05) is 22.0 Å². The van der Waals surface area contributed by atoms with Crippen LogP contribution in [-0.2, 0) is 28.6 Å². The van der Waals surface area contributed by atoms with Gasteiger partial charge in [-0.3, -0.25) is 8.98 Å². The van der Waals surface area contributed by atoms with E-state index >= 15 is 0 Å². The lowest BCUT2D eigenvalue weighted by molar-refractivity contribution is -0.147. The number of nitrogens with one attached hydrogen (secondary N) is 2. The van der Waals surface area contributed by atoms with Gasteiger partial charge >= 0.3 is 5.97 Å². The zero-order chi connectivity index (χ0) is 20.5. The van der Waals surface area contributed by atoms with Crippen molar-refractivity contribution >= 4 is 37.9 Å². The van der Waals surface area contributed by atoms with E-state index in [9.17, 15) is 18.0 Å². The van der Waals surface area contributed by atoms with Gasteiger partial charge in [-0.05, 0) is 30.7 Å². The Balaban J connectivity index is 1.60. The minimum Gasteiger partial charge on any atom is -0.467 e. The number of esters is 1. The smallest absolute Gasteiger partial charge is 0.332 e. The average molecular weight is 473 g/mol. The van der Waals surface area contributed by atoms with Gasteiger partial charge in [0.2, 0.25) is 5.91 Å². The third-order valence-corrected chi connectivity index (χ3v) is 6.87. The first-order valence-electron chi connectivity index (χ1n) is 8.67. The lowest BCUT2D eigenvalue weighted by Gasteiger charge is -2.19. The molecule has 152 valence electrons. The SMILES string of the molecule is C=CC1CC1(NC(=O)C1CC(OS(=O)(=O)c2ccc(Br)cc2)CN1)C(=O)OC. The third-order valence-electron chi connectivity index (χ3n) is 4.97. The van der Waals surface area contributed by atoms with Crippen molar-refractivity contribution in [1.29, 1.82) is 0 Å². The van der Waals surface area contributed by atoms with Crippen LogP contribution in [0.3, 0.4) is 0 Å². The summed E-state index contributed by atoms with van der Waals surface area (Å²) in [7, 11) is -2.68. The zero-order valence-corrected chi connectivity index (χ0v) is 17.6. The highest BCUT2D eigenvalue weighted by Gasteiger charge is 2.61. The minimum absolute atomic E-state index is 0.0417. The van der Waals surface area contributed by atoms with Gasteiger partial charge in [-0.2, -0.15) is 8.42 Å². The van der Waals surface area contributed by atoms with E-state index in [1.165, 1.54) is 19.2 Å². The number of carbonyl (C=O) groups is 2. The number of methoxy groups -OCH3 is 1. The van der Waals surface area contributed by atoms with Gasteiger partial charge in [0.05, 0.1) is 24.2 Å². The van der Waals surface area contributed by atoms with Crippen molar-refractivity contribution in [2.45, 2.75) is 35.4 Å². The predicted octanol–water partition coefficient (Wildman–Crippen LogP) is 1.12. The molecular formula is C18H21BrN2O6S. The zero-order valence-electron chi connectivity index (χ0n) is 15.2. The van der Waals surface area contributed by atoms with Crippen LogP contribution in [0.2, 0.25) is 0 Å². The van der Waals surface area contributed by atoms with Crippen molar-refractivity contribution in [3.8, 4) is 0 Å². The first-order valence-corrected chi connectivity index (χ1v) is 10.9. The van der Waals surface area contributed by atoms with Crippen LogP contribution in [0.4, 0.5) is 0 Å². The Hall–Kier alpha value is -1.75. The van der Waals surface area contributed by atoms with Crippen molar-refractivity contribution in [3.05, 3.63) is 41.4 Å². The molecule has 2 fully saturated rings. The van der Waals surface area contributed by atoms with Crippen LogP contribution >= 0.6 is 15.9 Å². The quantitative estimate of drug-likeness (QED) is 0.347. The number of amides is 1. The van der Waals surface area contributed by atoms with E-state index in [2.05, 4.69) is 33.1 Å². The van der Waals surface area contributed by atoms with Crippen LogP contribution in [0.15, 0.2) is 46.3 Å². The van der Waals surface area contributed by atoms with Crippen LogP contribution < -0.4 is 10.6 Å². The number of hydrogen-bond acceptors (Lipinski definition) is 7. The van der Waals surface area contributed by atoms with E-state index in [0.717, 1.165) is 4.47 Å². The van der Waals surface area contributed by atoms with Crippen molar-refractivity contribution in [2.75, 3.05) is 13.7 Å². The fourth-order valence-corrected chi connectivity index (χ4v) is 4.65. The normalized spacial score (nSPS) is 29.1. The molecule has 8 nitrogen and oxygen atoms in total. The third kappa shape index (κ3) is 4.14. The summed E-state index contributed by atoms with van der Waals surface area (Å²) >= 11 is 3.25. The Morgan fingerprint density at radius 3 is 2.61 bits per heavy atom. The lowest BCUT2D eigenvalue weighted by atomic mass is 10.1. The summed E-state index contributed by atoms with van der Waals surface area (Å²) in [6, 6.07) is 5.43. The van der Waals surface area contributed by atoms with Gasteiger partial charge in [-0.25, -0.2) is 4.79 Å². The molecule has 3 rings (SSSR count). The number of carbonyl (C=O) groups excluding carboxylic acids is 2. The summed E-state index contributed by atoms with van der Waals surface area (Å²) in [6.45, 7) is 3.86. The van der Waals surface area contributed by atoms with Gasteiger partial charge in [0.15, 0.2) is 0 Å². The molecule has 1 saturated carbocycles. The van der Waals surface area contributed by atoms with E-state index in [-0.39, 0.29) is 23.8 Å². The Bertz CT molecular complexity index is 888. The van der Waals surface area contributed by atoms with Crippen LogP contribution in [0.1, 0.15) is 12.8 Å². The molecule has 10 heteroatoms. The maximum Gasteiger partial charge on any atom is 0.332 e. The second kappa shape index (κ2) is 7.94. The molecule has 0 aromatic heterocycles. The molecule has 0 spiro atoms. The van der Waals surface area contributed by atoms with E-state index in [1.54, 1.807) is 18.2 Å². The van der Waals surface area contributed by atoms with Crippen molar-refractivity contribution in [3.63, 3.8) is 0 Å². The van der Waals surface area contributed by atoms with E-state index < -0.39 is 39.7 Å². The Kier molecular flexibility index (Phi) is 5.95. The Morgan fingerprint density at radius 2 is 2.04 bits per heavy atom. The highest BCUT2D eigenvalue weighted by atomic mass is 79.9. The maximum atomic E-state index is 12.6. The number of hydrogen-bond donors (Lipinski definition) is 2. The Labute approximate surface area is 171 Å². The minimum atomic E-state index is -3.94. The molecule has 1 aromatic carbocycles. The average Bonchev–Trinajstić information content (AvgIpc) is 3.18. The van der Waals surface area contributed by atoms with Crippen LogP contribution in [0.25, 0.3) is 0 Å². The number of rotatable bonds is 7. The monoisotopic (exact) mass is 472 g/mol. The molecule has 1 heterocycles. The first-order chi connectivity index (χ1) is 13.2. The molecular weight excluding hydrogens is 452 g/mol. The molecule has 1 amide bonds. The number of halogens is 1. The Morgan fingerprint density at radius 1 is 1.36 bits per heavy atom. The molecule has 0 bridgehead atoms. The molecule has 2 N–H and O–H groups in total. The molecule has 1 aliphatic heterocycles. The summed E-state index contributed by atoms with van der Waals surface area (Å²) in [5, 5.41) is 5.67. The fourth-order valence-electron chi connectivity index (χ4n) is 3.30. The summed E-state index contributed by atoms with van der Waals surface area (Å²) in [5.74, 6) is -1.11. The number of ether oxygens (including phenoxy) is 1. The highest BCUT2D eigenvalue weighted by Crippen LogP contribution is 2.45. The lowest BCUT2D eigenvalue weighted by Crippen LogP contribution is -2.51. The van der Waals surface area contributed by atoms with Crippen molar-refractivity contribution in [2.24, 2.45) is 5.92 Å². The maximum absolute atomic E-state index is 12.6. The molecule has 1 saturated heterocycles. The van der Waals surface area contributed by atoms with E-state index in [1.807, 2.05) is 0 Å². The molecule has 1 aliphatic carbocycles. The van der Waals surface area contributed by atoms with E-state index in [4.69, 9.17) is 8.92 Å². The highest BCUT2D eigenvalue weighted by molar-refractivity contribution is 9.10. The van der Waals surface area contributed by atoms with Crippen LogP contribution in [-0.4, -0.2) is 51.6 Å². The standard InChI is InChI=1S/C18H21BrN2O6S/c1-3-11-9-18(11,17(23)26-2)21-16(22)15-8-13(10-20-15)27-28(24,25)14-6-4-12(19)5-7-14/h3-7,11,13,15,20H,1,8-10H2,2H3,(H,21,22). The second-order valence-corrected chi connectivity index (χ2v) is 9.31. The fraction of sp³-hybridized carbons (Fsp3) is 0.444. The summed E-state index contributed by atoms with van der Waals surface area (Å²) < 4.78 is 35.6. The van der Waals surface area contributed by atoms with Crippen LogP contribution in [0, 0.1) is 5.92 Å². The molecule has 28 heavy (non-hydrogen) atoms. The molecule has 0 radical (unpaired) electrons. The first kappa shape index (κ1) is 21.0. The van der Waals surface area contributed by atoms with Gasteiger partial charge in [0.25, 0.3) is 10.1 Å². The largest absolute Gasteiger partial charge is 0.467 e. The molecule has 4 atom stereocenters. The van der Waals surface area contributed by atoms with Crippen molar-refractivity contribution in [1.82, 2.24) is 10.6 Å². The van der Waals surface area contributed by atoms with Crippen LogP contribution in [0.5, 0.6) is 0 Å². The van der Waals surface area contributed by atoms with E-state index in [0.29, 0.717) is 6.42 Å². The van der Waals surface area contributed by atoms with Gasteiger partial charge in [0, 0.05) is 23.4 Å². The predicted molar refractivity (Wildman–Crippen MR) is 104 cm³/mol. The molecule has 1 aromatic rings. The van der Waals surface area contributed by atoms with Gasteiger partial charge in [-0.15, -0.1) is 6.58 Å². The molecule has 4 unspecified atom stereocenters. The topological polar surface area (TPSA) is 111 Å². The number of benzene rings is 1. The van der Waals surface area contributed by atoms with Gasteiger partial charge < -0.3 is 15.4 Å². The molecule has 2 aliphatic rings. The summed E-state index contributed by atoms with van der Waals surface area (Å²) in [5.41, 5.74) is -1.09. The summed E-state index contributed by atoms with van der Waals surface area (Å²) in [4.78, 5) is 24.7. The van der Waals surface area contributed by atoms with Gasteiger partial charge in [0.1, 0.15) is 5.54 Å². The summed E-state index contributed by atoms with van der Waals surface area (Å²) in [6.07, 6.45) is 1.51. The van der Waals surface area contributed by atoms with Crippen molar-refractivity contribution < 1.29 is 26.9 Å².